The van der Waals surface area contributed by atoms with Crippen molar-refractivity contribution < 1.29 is 9.59 Å². The van der Waals surface area contributed by atoms with Crippen molar-refractivity contribution in [2.24, 2.45) is 0 Å². The van der Waals surface area contributed by atoms with Crippen LogP contribution in [-0.4, -0.2) is 17.1 Å². The first-order valence-electron chi connectivity index (χ1n) is 8.76. The van der Waals surface area contributed by atoms with Crippen LogP contribution >= 0.6 is 11.8 Å². The van der Waals surface area contributed by atoms with Gasteiger partial charge in [0.15, 0.2) is 5.78 Å². The van der Waals surface area contributed by atoms with Crippen LogP contribution in [0.25, 0.3) is 0 Å². The molecule has 4 heteroatoms. The van der Waals surface area contributed by atoms with Crippen molar-refractivity contribution >= 4 is 23.5 Å². The number of thioether (sulfide) groups is 1. The Morgan fingerprint density at radius 2 is 1.41 bits per heavy atom. The molecular formula is C23H21NO2S. The number of amides is 1. The van der Waals surface area contributed by atoms with Crippen molar-refractivity contribution in [2.45, 2.75) is 18.1 Å². The molecule has 0 spiro atoms. The van der Waals surface area contributed by atoms with E-state index in [0.29, 0.717) is 16.9 Å². The average molecular weight is 375 g/mol. The van der Waals surface area contributed by atoms with E-state index in [2.05, 4.69) is 5.32 Å². The van der Waals surface area contributed by atoms with E-state index in [4.69, 9.17) is 0 Å². The Morgan fingerprint density at radius 3 is 2.04 bits per heavy atom. The van der Waals surface area contributed by atoms with E-state index in [-0.39, 0.29) is 11.7 Å². The number of carbonyl (C=O) groups is 2. The highest BCUT2D eigenvalue weighted by Crippen LogP contribution is 2.21. The monoisotopic (exact) mass is 375 g/mol. The van der Waals surface area contributed by atoms with E-state index < -0.39 is 5.37 Å². The maximum Gasteiger partial charge on any atom is 0.252 e. The molecule has 0 radical (unpaired) electrons. The minimum absolute atomic E-state index is 0.0970. The van der Waals surface area contributed by atoms with Gasteiger partial charge in [0.25, 0.3) is 5.91 Å². The number of carbonyl (C=O) groups excluding carboxylic acids is 2. The summed E-state index contributed by atoms with van der Waals surface area (Å²) in [4.78, 5) is 25.6. The van der Waals surface area contributed by atoms with E-state index >= 15 is 0 Å². The minimum atomic E-state index is -0.652. The molecule has 27 heavy (non-hydrogen) atoms. The van der Waals surface area contributed by atoms with Crippen molar-refractivity contribution in [3.05, 3.63) is 107 Å². The highest BCUT2D eigenvalue weighted by Gasteiger charge is 2.23. The van der Waals surface area contributed by atoms with Crippen LogP contribution in [0.2, 0.25) is 0 Å². The summed E-state index contributed by atoms with van der Waals surface area (Å²) in [5, 5.41) is 2.24. The van der Waals surface area contributed by atoms with Crippen molar-refractivity contribution in [3.63, 3.8) is 0 Å². The zero-order valence-corrected chi connectivity index (χ0v) is 15.9. The summed E-state index contributed by atoms with van der Waals surface area (Å²) in [7, 11) is 0. The fourth-order valence-corrected chi connectivity index (χ4v) is 3.63. The van der Waals surface area contributed by atoms with Crippen LogP contribution in [0.5, 0.6) is 0 Å². The Kier molecular flexibility index (Phi) is 6.44. The molecule has 0 aliphatic carbocycles. The zero-order valence-electron chi connectivity index (χ0n) is 15.1. The molecule has 0 aromatic heterocycles. The molecule has 136 valence electrons. The lowest BCUT2D eigenvalue weighted by Gasteiger charge is -2.18. The predicted molar refractivity (Wildman–Crippen MR) is 111 cm³/mol. The molecule has 3 rings (SSSR count). The van der Waals surface area contributed by atoms with Crippen LogP contribution in [0.1, 0.15) is 31.8 Å². The summed E-state index contributed by atoms with van der Waals surface area (Å²) >= 11 is 1.42. The number of nitrogens with one attached hydrogen (secondary N) is 1. The van der Waals surface area contributed by atoms with E-state index in [1.807, 2.05) is 79.7 Å². The Bertz CT molecular complexity index is 893. The molecule has 0 unspecified atom stereocenters. The van der Waals surface area contributed by atoms with Crippen LogP contribution in [0.15, 0.2) is 84.9 Å². The minimum Gasteiger partial charge on any atom is -0.333 e. The molecule has 0 aliphatic rings. The number of hydrogen-bond acceptors (Lipinski definition) is 3. The Morgan fingerprint density at radius 1 is 0.815 bits per heavy atom. The molecule has 3 aromatic rings. The van der Waals surface area contributed by atoms with E-state index in [1.165, 1.54) is 11.8 Å². The Balaban J connectivity index is 1.78. The molecule has 0 aliphatic heterocycles. The molecule has 3 nitrogen and oxygen atoms in total. The molecule has 0 fully saturated rings. The summed E-state index contributed by atoms with van der Waals surface area (Å²) < 4.78 is 0. The van der Waals surface area contributed by atoms with Crippen LogP contribution in [0, 0.1) is 6.92 Å². The average Bonchev–Trinajstić information content (AvgIpc) is 2.72. The predicted octanol–water partition coefficient (Wildman–Crippen LogP) is 4.87. The second-order valence-electron chi connectivity index (χ2n) is 6.25. The third kappa shape index (κ3) is 5.31. The summed E-state index contributed by atoms with van der Waals surface area (Å²) in [6.45, 7) is 1.98. The largest absolute Gasteiger partial charge is 0.333 e. The standard InChI is InChI=1S/C23H21NO2S/c1-17-12-14-19(15-13-17)21(25)23(27-16-18-8-4-2-5-9-18)24-22(26)20-10-6-3-7-11-20/h2-15,23H,16H2,1H3,(H,24,26)/t23-/m1/s1. The van der Waals surface area contributed by atoms with Gasteiger partial charge in [0.1, 0.15) is 5.37 Å². The fraction of sp³-hybridized carbons (Fsp3) is 0.130. The van der Waals surface area contributed by atoms with Gasteiger partial charge in [-0.3, -0.25) is 9.59 Å². The van der Waals surface area contributed by atoms with Gasteiger partial charge in [-0.2, -0.15) is 0 Å². The molecule has 0 saturated heterocycles. The van der Waals surface area contributed by atoms with Gasteiger partial charge >= 0.3 is 0 Å². The lowest BCUT2D eigenvalue weighted by Crippen LogP contribution is -2.38. The van der Waals surface area contributed by atoms with Gasteiger partial charge in [0, 0.05) is 16.9 Å². The first-order chi connectivity index (χ1) is 13.1. The molecule has 1 atom stereocenters. The lowest BCUT2D eigenvalue weighted by atomic mass is 10.1. The lowest BCUT2D eigenvalue weighted by molar-refractivity contribution is 0.0892. The van der Waals surface area contributed by atoms with Gasteiger partial charge in [0.05, 0.1) is 0 Å². The van der Waals surface area contributed by atoms with Crippen LogP contribution in [-0.2, 0) is 5.75 Å². The third-order valence-electron chi connectivity index (χ3n) is 4.13. The molecule has 3 aromatic carbocycles. The highest BCUT2D eigenvalue weighted by atomic mass is 32.2. The highest BCUT2D eigenvalue weighted by molar-refractivity contribution is 7.99. The van der Waals surface area contributed by atoms with Gasteiger partial charge in [0.2, 0.25) is 0 Å². The third-order valence-corrected chi connectivity index (χ3v) is 5.30. The maximum atomic E-state index is 13.0. The normalized spacial score (nSPS) is 11.6. The fourth-order valence-electron chi connectivity index (χ4n) is 2.60. The van der Waals surface area contributed by atoms with Crippen molar-refractivity contribution in [3.8, 4) is 0 Å². The maximum absolute atomic E-state index is 13.0. The molecule has 1 N–H and O–H groups in total. The SMILES string of the molecule is Cc1ccc(C(=O)[C@H](NC(=O)c2ccccc2)SCc2ccccc2)cc1. The van der Waals surface area contributed by atoms with Crippen LogP contribution in [0.4, 0.5) is 0 Å². The van der Waals surface area contributed by atoms with Gasteiger partial charge in [-0.05, 0) is 24.6 Å². The number of ketones is 1. The van der Waals surface area contributed by atoms with E-state index in [1.54, 1.807) is 12.1 Å². The first-order valence-corrected chi connectivity index (χ1v) is 9.81. The van der Waals surface area contributed by atoms with E-state index in [9.17, 15) is 9.59 Å². The van der Waals surface area contributed by atoms with Crippen LogP contribution < -0.4 is 5.32 Å². The molecule has 0 saturated carbocycles. The Labute approximate surface area is 163 Å². The van der Waals surface area contributed by atoms with Gasteiger partial charge < -0.3 is 5.32 Å². The number of rotatable bonds is 7. The second kappa shape index (κ2) is 9.19. The van der Waals surface area contributed by atoms with Crippen molar-refractivity contribution in [1.82, 2.24) is 5.32 Å². The second-order valence-corrected chi connectivity index (χ2v) is 7.34. The van der Waals surface area contributed by atoms with Crippen molar-refractivity contribution in [1.29, 1.82) is 0 Å². The topological polar surface area (TPSA) is 46.2 Å². The molecule has 1 amide bonds. The quantitative estimate of drug-likeness (QED) is 0.473. The first kappa shape index (κ1) is 18.9. The summed E-state index contributed by atoms with van der Waals surface area (Å²) in [5.41, 5.74) is 3.34. The molecular weight excluding hydrogens is 354 g/mol. The number of Topliss-reactive ketones (excluding diaryl/α,β-unsaturated/α-hetero) is 1. The zero-order chi connectivity index (χ0) is 19.1. The molecule has 0 heterocycles. The summed E-state index contributed by atoms with van der Waals surface area (Å²) in [5.74, 6) is 0.292. The molecule has 0 bridgehead atoms. The summed E-state index contributed by atoms with van der Waals surface area (Å²) in [6.07, 6.45) is 0. The van der Waals surface area contributed by atoms with Crippen molar-refractivity contribution in [2.75, 3.05) is 0 Å². The number of hydrogen-bond donors (Lipinski definition) is 1. The smallest absolute Gasteiger partial charge is 0.252 e. The summed E-state index contributed by atoms with van der Waals surface area (Å²) in [6, 6.07) is 26.3. The number of benzene rings is 3. The Hall–Kier alpha value is -2.85. The van der Waals surface area contributed by atoms with Gasteiger partial charge in [-0.15, -0.1) is 11.8 Å². The van der Waals surface area contributed by atoms with Gasteiger partial charge in [-0.25, -0.2) is 0 Å². The van der Waals surface area contributed by atoms with Crippen LogP contribution in [0.3, 0.4) is 0 Å². The van der Waals surface area contributed by atoms with E-state index in [0.717, 1.165) is 11.1 Å². The number of aryl methyl sites for hydroxylation is 1. The van der Waals surface area contributed by atoms with Gasteiger partial charge in [-0.1, -0.05) is 78.4 Å².